The minimum Gasteiger partial charge on any atom is -0.311 e. The molecule has 0 aliphatic carbocycles. The van der Waals surface area contributed by atoms with Gasteiger partial charge in [0.25, 0.3) is 5.56 Å². The molecule has 9 heteroatoms. The topological polar surface area (TPSA) is 68.2 Å². The van der Waals surface area contributed by atoms with Crippen LogP contribution in [0.4, 0.5) is 13.2 Å². The van der Waals surface area contributed by atoms with Crippen molar-refractivity contribution in [1.29, 1.82) is 0 Å². The highest BCUT2D eigenvalue weighted by molar-refractivity contribution is 7.89. The zero-order valence-electron chi connectivity index (χ0n) is 15.7. The van der Waals surface area contributed by atoms with Gasteiger partial charge in [0.2, 0.25) is 10.0 Å². The summed E-state index contributed by atoms with van der Waals surface area (Å²) in [5, 5.41) is -0.349. The molecule has 154 valence electrons. The van der Waals surface area contributed by atoms with E-state index in [2.05, 4.69) is 4.72 Å². The molecule has 0 radical (unpaired) electrons. The molecular weight excluding hydrogens is 405 g/mol. The van der Waals surface area contributed by atoms with Gasteiger partial charge in [0.05, 0.1) is 16.0 Å². The molecule has 1 atom stereocenters. The number of rotatable bonds is 5. The predicted molar refractivity (Wildman–Crippen MR) is 104 cm³/mol. The van der Waals surface area contributed by atoms with Crippen LogP contribution in [-0.4, -0.2) is 19.5 Å². The molecule has 1 N–H and O–H groups in total. The van der Waals surface area contributed by atoms with Crippen LogP contribution in [0.15, 0.2) is 64.3 Å². The van der Waals surface area contributed by atoms with E-state index < -0.39 is 27.3 Å². The molecule has 0 aliphatic heterocycles. The molecule has 3 rings (SSSR count). The number of fused-ring (bicyclic) bond motifs is 1. The van der Waals surface area contributed by atoms with E-state index in [9.17, 15) is 26.4 Å². The largest absolute Gasteiger partial charge is 0.417 e. The fourth-order valence-corrected chi connectivity index (χ4v) is 4.22. The first-order chi connectivity index (χ1) is 13.5. The van der Waals surface area contributed by atoms with Gasteiger partial charge >= 0.3 is 6.18 Å². The number of nitrogens with one attached hydrogen (secondary N) is 1. The van der Waals surface area contributed by atoms with Crippen molar-refractivity contribution in [2.45, 2.75) is 23.9 Å². The second kappa shape index (κ2) is 7.64. The Hall–Kier alpha value is -2.65. The Labute approximate surface area is 165 Å². The van der Waals surface area contributed by atoms with Crippen LogP contribution in [0.2, 0.25) is 0 Å². The number of hydrogen-bond donors (Lipinski definition) is 1. The van der Waals surface area contributed by atoms with Crippen LogP contribution in [0.5, 0.6) is 0 Å². The minimum absolute atomic E-state index is 0.00132. The number of pyridine rings is 1. The Kier molecular flexibility index (Phi) is 5.55. The number of benzene rings is 2. The van der Waals surface area contributed by atoms with Crippen LogP contribution < -0.4 is 10.3 Å². The quantitative estimate of drug-likeness (QED) is 0.680. The van der Waals surface area contributed by atoms with E-state index in [1.165, 1.54) is 19.2 Å². The number of aromatic nitrogens is 1. The van der Waals surface area contributed by atoms with E-state index >= 15 is 0 Å². The SMILES string of the molecule is CC(CNS(=O)(=O)c1ccc2c(c1)c(C(F)(F)F)cc(=O)n2C)c1ccccc1. The van der Waals surface area contributed by atoms with Gasteiger partial charge in [-0.2, -0.15) is 13.2 Å². The molecule has 0 fully saturated rings. The van der Waals surface area contributed by atoms with E-state index in [-0.39, 0.29) is 28.3 Å². The number of alkyl halides is 3. The highest BCUT2D eigenvalue weighted by Crippen LogP contribution is 2.34. The Morgan fingerprint density at radius 2 is 1.72 bits per heavy atom. The molecule has 5 nitrogen and oxygen atoms in total. The number of halogens is 3. The van der Waals surface area contributed by atoms with Gasteiger partial charge in [0, 0.05) is 25.0 Å². The molecule has 0 amide bonds. The van der Waals surface area contributed by atoms with Crippen molar-refractivity contribution >= 4 is 20.9 Å². The zero-order valence-corrected chi connectivity index (χ0v) is 16.5. The maximum Gasteiger partial charge on any atom is 0.417 e. The number of sulfonamides is 1. The van der Waals surface area contributed by atoms with Crippen molar-refractivity contribution in [3.63, 3.8) is 0 Å². The first-order valence-corrected chi connectivity index (χ1v) is 10.2. The van der Waals surface area contributed by atoms with Crippen molar-refractivity contribution in [3.8, 4) is 0 Å². The van der Waals surface area contributed by atoms with Gasteiger partial charge in [0.15, 0.2) is 0 Å². The molecule has 1 unspecified atom stereocenters. The minimum atomic E-state index is -4.79. The lowest BCUT2D eigenvalue weighted by Gasteiger charge is -2.16. The third-order valence-electron chi connectivity index (χ3n) is 4.78. The highest BCUT2D eigenvalue weighted by Gasteiger charge is 2.34. The van der Waals surface area contributed by atoms with Crippen LogP contribution in [0.1, 0.15) is 24.0 Å². The number of hydrogen-bond acceptors (Lipinski definition) is 3. The second-order valence-corrected chi connectivity index (χ2v) is 8.56. The standard InChI is InChI=1S/C20H19F3N2O3S/c1-13(14-6-4-3-5-7-14)12-24-29(27,28)15-8-9-18-16(10-15)17(20(21,22)23)11-19(26)25(18)2/h3-11,13,24H,12H2,1-2H3. The summed E-state index contributed by atoms with van der Waals surface area (Å²) >= 11 is 0. The molecule has 1 heterocycles. The monoisotopic (exact) mass is 424 g/mol. The van der Waals surface area contributed by atoms with Crippen LogP contribution >= 0.6 is 0 Å². The molecule has 0 saturated carbocycles. The Bertz CT molecular complexity index is 1200. The van der Waals surface area contributed by atoms with Gasteiger partial charge in [0.1, 0.15) is 0 Å². The molecule has 2 aromatic carbocycles. The summed E-state index contributed by atoms with van der Waals surface area (Å²) in [4.78, 5) is 11.5. The summed E-state index contributed by atoms with van der Waals surface area (Å²) in [5.74, 6) is -0.127. The van der Waals surface area contributed by atoms with Gasteiger partial charge in [-0.1, -0.05) is 37.3 Å². The third kappa shape index (κ3) is 4.35. The summed E-state index contributed by atoms with van der Waals surface area (Å²) in [6.07, 6.45) is -4.79. The van der Waals surface area contributed by atoms with Crippen LogP contribution in [0.25, 0.3) is 10.9 Å². The van der Waals surface area contributed by atoms with Crippen molar-refractivity contribution < 1.29 is 21.6 Å². The smallest absolute Gasteiger partial charge is 0.311 e. The van der Waals surface area contributed by atoms with Gasteiger partial charge < -0.3 is 4.57 Å². The second-order valence-electron chi connectivity index (χ2n) is 6.80. The molecule has 1 aromatic heterocycles. The predicted octanol–water partition coefficient (Wildman–Crippen LogP) is 3.64. The molecule has 29 heavy (non-hydrogen) atoms. The molecular formula is C20H19F3N2O3S. The molecule has 0 saturated heterocycles. The van der Waals surface area contributed by atoms with E-state index in [1.807, 2.05) is 37.3 Å². The highest BCUT2D eigenvalue weighted by atomic mass is 32.2. The summed E-state index contributed by atoms with van der Waals surface area (Å²) in [6, 6.07) is 13.1. The maximum atomic E-state index is 13.4. The summed E-state index contributed by atoms with van der Waals surface area (Å²) < 4.78 is 69.0. The molecule has 0 bridgehead atoms. The maximum absolute atomic E-state index is 13.4. The Morgan fingerprint density at radius 1 is 1.07 bits per heavy atom. The van der Waals surface area contributed by atoms with E-state index in [1.54, 1.807) is 0 Å². The normalized spacial score (nSPS) is 13.6. The average molecular weight is 424 g/mol. The Balaban J connectivity index is 1.98. The van der Waals surface area contributed by atoms with E-state index in [0.717, 1.165) is 16.2 Å². The molecule has 3 aromatic rings. The summed E-state index contributed by atoms with van der Waals surface area (Å²) in [5.41, 5.74) is -1.05. The fourth-order valence-electron chi connectivity index (χ4n) is 3.06. The third-order valence-corrected chi connectivity index (χ3v) is 6.20. The average Bonchev–Trinajstić information content (AvgIpc) is 2.68. The van der Waals surface area contributed by atoms with E-state index in [0.29, 0.717) is 6.07 Å². The lowest BCUT2D eigenvalue weighted by Crippen LogP contribution is -2.28. The number of nitrogens with zero attached hydrogens (tertiary/aromatic N) is 1. The van der Waals surface area contributed by atoms with Gasteiger partial charge in [-0.25, -0.2) is 13.1 Å². The van der Waals surface area contributed by atoms with Crippen molar-refractivity contribution in [2.24, 2.45) is 7.05 Å². The van der Waals surface area contributed by atoms with Crippen LogP contribution in [0, 0.1) is 0 Å². The van der Waals surface area contributed by atoms with Crippen molar-refractivity contribution in [1.82, 2.24) is 9.29 Å². The lowest BCUT2D eigenvalue weighted by molar-refractivity contribution is -0.136. The van der Waals surface area contributed by atoms with E-state index in [4.69, 9.17) is 0 Å². The van der Waals surface area contributed by atoms with Crippen LogP contribution in [0.3, 0.4) is 0 Å². The van der Waals surface area contributed by atoms with Crippen molar-refractivity contribution in [2.75, 3.05) is 6.54 Å². The first-order valence-electron chi connectivity index (χ1n) is 8.76. The first kappa shape index (κ1) is 21.1. The van der Waals surface area contributed by atoms with Crippen molar-refractivity contribution in [3.05, 3.63) is 76.1 Å². The van der Waals surface area contributed by atoms with Gasteiger partial charge in [-0.15, -0.1) is 0 Å². The zero-order chi connectivity index (χ0) is 21.4. The lowest BCUT2D eigenvalue weighted by atomic mass is 10.0. The van der Waals surface area contributed by atoms with Crippen LogP contribution in [-0.2, 0) is 23.2 Å². The van der Waals surface area contributed by atoms with Gasteiger partial charge in [-0.05, 0) is 29.7 Å². The number of aryl methyl sites for hydroxylation is 1. The molecule has 0 spiro atoms. The van der Waals surface area contributed by atoms with Gasteiger partial charge in [-0.3, -0.25) is 4.79 Å². The summed E-state index contributed by atoms with van der Waals surface area (Å²) in [6.45, 7) is 1.93. The molecule has 0 aliphatic rings. The fraction of sp³-hybridized carbons (Fsp3) is 0.250. The Morgan fingerprint density at radius 3 is 2.34 bits per heavy atom. The summed E-state index contributed by atoms with van der Waals surface area (Å²) in [7, 11) is -2.71.